The minimum Gasteiger partial charge on any atom is -0.383 e. The number of hydrogen-bond donors (Lipinski definition) is 1. The Labute approximate surface area is 188 Å². The van der Waals surface area contributed by atoms with E-state index in [2.05, 4.69) is 34.6 Å². The van der Waals surface area contributed by atoms with Gasteiger partial charge in [0.2, 0.25) is 0 Å². The highest BCUT2D eigenvalue weighted by atomic mass is 32.1. The van der Waals surface area contributed by atoms with Gasteiger partial charge in [0.1, 0.15) is 21.2 Å². The van der Waals surface area contributed by atoms with Gasteiger partial charge in [-0.05, 0) is 35.9 Å². The van der Waals surface area contributed by atoms with Gasteiger partial charge in [-0.25, -0.2) is 14.4 Å². The number of thiazole rings is 1. The number of carbonyl (C=O) groups excluding carboxylic acids is 1. The summed E-state index contributed by atoms with van der Waals surface area (Å²) in [5.74, 6) is -0.834. The third kappa shape index (κ3) is 3.70. The highest BCUT2D eigenvalue weighted by Gasteiger charge is 2.39. The van der Waals surface area contributed by atoms with Crippen LogP contribution in [0.25, 0.3) is 20.9 Å². The van der Waals surface area contributed by atoms with E-state index in [-0.39, 0.29) is 16.9 Å². The van der Waals surface area contributed by atoms with Gasteiger partial charge in [0, 0.05) is 24.8 Å². The Morgan fingerprint density at radius 2 is 1.91 bits per heavy atom. The monoisotopic (exact) mass is 445 g/mol. The molecule has 160 valence electrons. The van der Waals surface area contributed by atoms with Crippen molar-refractivity contribution in [3.63, 3.8) is 0 Å². The zero-order valence-electron chi connectivity index (χ0n) is 17.3. The van der Waals surface area contributed by atoms with Crippen molar-refractivity contribution < 1.29 is 13.9 Å². The van der Waals surface area contributed by atoms with Crippen LogP contribution in [-0.4, -0.2) is 36.1 Å². The Morgan fingerprint density at radius 3 is 2.62 bits per heavy atom. The fourth-order valence-corrected chi connectivity index (χ4v) is 4.63. The highest BCUT2D eigenvalue weighted by Crippen LogP contribution is 2.45. The lowest BCUT2D eigenvalue weighted by Gasteiger charge is -2.15. The topological polar surface area (TPSA) is 64.1 Å². The summed E-state index contributed by atoms with van der Waals surface area (Å²) in [4.78, 5) is 22.3. The van der Waals surface area contributed by atoms with Crippen molar-refractivity contribution >= 4 is 27.6 Å². The van der Waals surface area contributed by atoms with Crippen LogP contribution in [0.5, 0.6) is 0 Å². The van der Waals surface area contributed by atoms with Crippen LogP contribution in [0.2, 0.25) is 0 Å². The van der Waals surface area contributed by atoms with E-state index in [1.54, 1.807) is 19.2 Å². The molecule has 4 aromatic rings. The number of benzene rings is 2. The predicted octanol–water partition coefficient (Wildman–Crippen LogP) is 4.73. The maximum atomic E-state index is 14.8. The molecule has 0 fully saturated rings. The maximum Gasteiger partial charge on any atom is 0.251 e. The molecule has 0 saturated carbocycles. The van der Waals surface area contributed by atoms with Gasteiger partial charge in [0.15, 0.2) is 0 Å². The standard InChI is InChI=1S/C25H20FN3O2S/c1-31-14-13-27-22(30)16-7-8-18(19(26)15-16)23-28-20-9-10-21(29-24(20)32-23)25(11-12-25)17-5-3-2-4-6-17/h2-12,15H,13-14H2,1H3,(H,27,30). The number of aromatic nitrogens is 2. The van der Waals surface area contributed by atoms with E-state index < -0.39 is 5.82 Å². The Hall–Kier alpha value is -3.42. The fourth-order valence-electron chi connectivity index (χ4n) is 3.67. The number of hydrogen-bond acceptors (Lipinski definition) is 5. The van der Waals surface area contributed by atoms with Crippen molar-refractivity contribution in [1.82, 2.24) is 15.3 Å². The summed E-state index contributed by atoms with van der Waals surface area (Å²) >= 11 is 1.34. The molecule has 1 N–H and O–H groups in total. The second-order valence-corrected chi connectivity index (χ2v) is 8.53. The van der Waals surface area contributed by atoms with E-state index in [1.165, 1.54) is 23.0 Å². The SMILES string of the molecule is COCCNC(=O)c1ccc(-c2nc3ccc(C4(c5ccccc5)C=C4)nc3s2)c(F)c1. The molecule has 32 heavy (non-hydrogen) atoms. The first-order valence-electron chi connectivity index (χ1n) is 10.2. The molecule has 5 rings (SSSR count). The molecule has 1 amide bonds. The molecule has 5 nitrogen and oxygen atoms in total. The van der Waals surface area contributed by atoms with E-state index in [0.29, 0.717) is 23.7 Å². The van der Waals surface area contributed by atoms with Gasteiger partial charge in [-0.3, -0.25) is 4.79 Å². The van der Waals surface area contributed by atoms with E-state index in [1.807, 2.05) is 30.3 Å². The smallest absolute Gasteiger partial charge is 0.251 e. The first-order chi connectivity index (χ1) is 15.6. The van der Waals surface area contributed by atoms with Gasteiger partial charge in [-0.15, -0.1) is 0 Å². The number of nitrogens with zero attached hydrogens (tertiary/aromatic N) is 2. The minimum absolute atomic E-state index is 0.258. The number of fused-ring (bicyclic) bond motifs is 1. The number of methoxy groups -OCH3 is 1. The van der Waals surface area contributed by atoms with Gasteiger partial charge in [0.25, 0.3) is 5.91 Å². The van der Waals surface area contributed by atoms with E-state index in [9.17, 15) is 9.18 Å². The number of amides is 1. The lowest BCUT2D eigenvalue weighted by atomic mass is 9.89. The van der Waals surface area contributed by atoms with Crippen LogP contribution in [0.3, 0.4) is 0 Å². The fraction of sp³-hybridized carbons (Fsp3) is 0.160. The average molecular weight is 446 g/mol. The van der Waals surface area contributed by atoms with Gasteiger partial charge in [0.05, 0.1) is 17.7 Å². The van der Waals surface area contributed by atoms with Crippen LogP contribution in [-0.2, 0) is 10.2 Å². The molecule has 0 unspecified atom stereocenters. The molecular formula is C25H20FN3O2S. The number of ether oxygens (including phenoxy) is 1. The molecule has 0 atom stereocenters. The third-order valence-electron chi connectivity index (χ3n) is 5.48. The highest BCUT2D eigenvalue weighted by molar-refractivity contribution is 7.21. The zero-order valence-corrected chi connectivity index (χ0v) is 18.2. The zero-order chi connectivity index (χ0) is 22.1. The van der Waals surface area contributed by atoms with Crippen molar-refractivity contribution in [3.05, 3.63) is 95.5 Å². The quantitative estimate of drug-likeness (QED) is 0.330. The Balaban J connectivity index is 1.43. The molecule has 0 saturated heterocycles. The Kier molecular flexibility index (Phi) is 5.28. The molecular weight excluding hydrogens is 425 g/mol. The molecule has 0 radical (unpaired) electrons. The summed E-state index contributed by atoms with van der Waals surface area (Å²) in [6.45, 7) is 0.762. The molecule has 2 aromatic carbocycles. The first kappa shape index (κ1) is 20.5. The van der Waals surface area contributed by atoms with E-state index in [4.69, 9.17) is 9.72 Å². The van der Waals surface area contributed by atoms with Crippen molar-refractivity contribution in [3.8, 4) is 10.6 Å². The van der Waals surface area contributed by atoms with Crippen LogP contribution in [0.1, 0.15) is 21.6 Å². The summed E-state index contributed by atoms with van der Waals surface area (Å²) < 4.78 is 19.8. The number of allylic oxidation sites excluding steroid dienone is 2. The van der Waals surface area contributed by atoms with Crippen molar-refractivity contribution in [2.24, 2.45) is 0 Å². The van der Waals surface area contributed by atoms with Crippen LogP contribution in [0.4, 0.5) is 4.39 Å². The third-order valence-corrected chi connectivity index (χ3v) is 6.48. The molecule has 1 aliphatic carbocycles. The summed E-state index contributed by atoms with van der Waals surface area (Å²) in [6, 6.07) is 18.5. The number of halogens is 1. The molecule has 7 heteroatoms. The lowest BCUT2D eigenvalue weighted by molar-refractivity contribution is 0.0936. The minimum atomic E-state index is -0.492. The number of nitrogens with one attached hydrogen (secondary N) is 1. The second kappa shape index (κ2) is 8.26. The van der Waals surface area contributed by atoms with Crippen LogP contribution in [0, 0.1) is 5.82 Å². The van der Waals surface area contributed by atoms with E-state index >= 15 is 0 Å². The van der Waals surface area contributed by atoms with Crippen LogP contribution in [0.15, 0.2) is 72.8 Å². The lowest BCUT2D eigenvalue weighted by Crippen LogP contribution is -2.27. The number of rotatable bonds is 7. The summed E-state index contributed by atoms with van der Waals surface area (Å²) in [7, 11) is 1.55. The normalized spacial score (nSPS) is 13.9. The number of pyridine rings is 1. The first-order valence-corrected chi connectivity index (χ1v) is 11.0. The number of carbonyl (C=O) groups is 1. The average Bonchev–Trinajstić information content (AvgIpc) is 3.52. The molecule has 2 aromatic heterocycles. The molecule has 2 heterocycles. The van der Waals surface area contributed by atoms with Gasteiger partial charge >= 0.3 is 0 Å². The molecule has 0 spiro atoms. The van der Waals surface area contributed by atoms with Gasteiger partial charge in [-0.2, -0.15) is 0 Å². The maximum absolute atomic E-state index is 14.8. The Morgan fingerprint density at radius 1 is 1.09 bits per heavy atom. The van der Waals surface area contributed by atoms with Crippen molar-refractivity contribution in [2.75, 3.05) is 20.3 Å². The van der Waals surface area contributed by atoms with Gasteiger partial charge in [-0.1, -0.05) is 53.8 Å². The van der Waals surface area contributed by atoms with Gasteiger partial charge < -0.3 is 10.1 Å². The van der Waals surface area contributed by atoms with Crippen LogP contribution >= 0.6 is 11.3 Å². The largest absolute Gasteiger partial charge is 0.383 e. The van der Waals surface area contributed by atoms with E-state index in [0.717, 1.165) is 16.0 Å². The molecule has 1 aliphatic rings. The predicted molar refractivity (Wildman–Crippen MR) is 123 cm³/mol. The van der Waals surface area contributed by atoms with Crippen molar-refractivity contribution in [1.29, 1.82) is 0 Å². The van der Waals surface area contributed by atoms with Crippen molar-refractivity contribution in [2.45, 2.75) is 5.41 Å². The Bertz CT molecular complexity index is 1330. The summed E-state index contributed by atoms with van der Waals surface area (Å²) in [6.07, 6.45) is 4.27. The summed E-state index contributed by atoms with van der Waals surface area (Å²) in [5.41, 5.74) is 3.15. The summed E-state index contributed by atoms with van der Waals surface area (Å²) in [5, 5.41) is 3.22. The molecule has 0 bridgehead atoms. The molecule has 0 aliphatic heterocycles. The second-order valence-electron chi connectivity index (χ2n) is 7.55. The van der Waals surface area contributed by atoms with Crippen LogP contribution < -0.4 is 5.32 Å².